The second-order valence-corrected chi connectivity index (χ2v) is 4.72. The van der Waals surface area contributed by atoms with Gasteiger partial charge in [-0.15, -0.1) is 0 Å². The van der Waals surface area contributed by atoms with Crippen LogP contribution >= 0.6 is 0 Å². The molecule has 0 atom stereocenters. The number of rotatable bonds is 6. The van der Waals surface area contributed by atoms with Gasteiger partial charge < -0.3 is 10.1 Å². The minimum atomic E-state index is 0.690. The largest absolute Gasteiger partial charge is 0.494 e. The monoisotopic (exact) mass is 234 g/mol. The number of ether oxygens (including phenoxy) is 1. The summed E-state index contributed by atoms with van der Waals surface area (Å²) in [6.45, 7) is 6.15. The molecule has 0 aliphatic carbocycles. The summed E-state index contributed by atoms with van der Waals surface area (Å²) in [6.07, 6.45) is 1.05. The molecule has 0 saturated carbocycles. The minimum absolute atomic E-state index is 0.690. The Balaban J connectivity index is 1.90. The molecule has 1 saturated heterocycles. The number of benzene rings is 1. The molecule has 2 rings (SSSR count). The van der Waals surface area contributed by atoms with Gasteiger partial charge in [-0.3, -0.25) is 4.90 Å². The van der Waals surface area contributed by atoms with Gasteiger partial charge in [-0.2, -0.15) is 0 Å². The van der Waals surface area contributed by atoms with Gasteiger partial charge in [-0.05, 0) is 31.2 Å². The molecule has 1 N–H and O–H groups in total. The topological polar surface area (TPSA) is 24.5 Å². The summed E-state index contributed by atoms with van der Waals surface area (Å²) in [7, 11) is 2.19. The van der Waals surface area contributed by atoms with E-state index in [1.54, 1.807) is 0 Å². The van der Waals surface area contributed by atoms with Crippen LogP contribution < -0.4 is 10.1 Å². The van der Waals surface area contributed by atoms with Gasteiger partial charge in [-0.25, -0.2) is 0 Å². The highest BCUT2D eigenvalue weighted by atomic mass is 16.5. The first-order valence-corrected chi connectivity index (χ1v) is 6.42. The van der Waals surface area contributed by atoms with E-state index in [1.165, 1.54) is 5.56 Å². The van der Waals surface area contributed by atoms with Crippen LogP contribution in [0.1, 0.15) is 18.9 Å². The lowest BCUT2D eigenvalue weighted by Gasteiger charge is -2.35. The normalized spacial score (nSPS) is 15.9. The number of hydrogen-bond donors (Lipinski definition) is 1. The van der Waals surface area contributed by atoms with Crippen LogP contribution in [0.2, 0.25) is 0 Å². The van der Waals surface area contributed by atoms with Crippen LogP contribution in [-0.2, 0) is 6.54 Å². The molecule has 0 unspecified atom stereocenters. The third-order valence-corrected chi connectivity index (χ3v) is 3.19. The van der Waals surface area contributed by atoms with Crippen molar-refractivity contribution in [1.29, 1.82) is 0 Å². The summed E-state index contributed by atoms with van der Waals surface area (Å²) in [5, 5.41) is 3.30. The molecule has 0 radical (unpaired) electrons. The van der Waals surface area contributed by atoms with E-state index < -0.39 is 0 Å². The fraction of sp³-hybridized carbons (Fsp3) is 0.571. The second kappa shape index (κ2) is 6.03. The quantitative estimate of drug-likeness (QED) is 0.813. The van der Waals surface area contributed by atoms with Gasteiger partial charge in [0.15, 0.2) is 0 Å². The Kier molecular flexibility index (Phi) is 4.40. The molecule has 1 aliphatic rings. The number of likely N-dealkylation sites (N-methyl/N-ethyl adjacent to an activating group) is 1. The second-order valence-electron chi connectivity index (χ2n) is 4.72. The first-order chi connectivity index (χ1) is 8.29. The third-order valence-electron chi connectivity index (χ3n) is 3.19. The average molecular weight is 234 g/mol. The number of nitrogens with one attached hydrogen (secondary N) is 1. The SMILES string of the molecule is CCCOc1cccc(CN(C)C2CNC2)c1. The average Bonchev–Trinajstić information content (AvgIpc) is 2.24. The molecule has 3 nitrogen and oxygen atoms in total. The number of nitrogens with zero attached hydrogens (tertiary/aromatic N) is 1. The predicted molar refractivity (Wildman–Crippen MR) is 70.4 cm³/mol. The zero-order valence-corrected chi connectivity index (χ0v) is 10.8. The maximum absolute atomic E-state index is 5.65. The highest BCUT2D eigenvalue weighted by Crippen LogP contribution is 2.16. The van der Waals surface area contributed by atoms with E-state index in [0.29, 0.717) is 6.04 Å². The predicted octanol–water partition coefficient (Wildman–Crippen LogP) is 1.88. The van der Waals surface area contributed by atoms with Crippen LogP contribution in [0.4, 0.5) is 0 Å². The van der Waals surface area contributed by atoms with Crippen LogP contribution in [0.3, 0.4) is 0 Å². The van der Waals surface area contributed by atoms with E-state index in [0.717, 1.165) is 38.4 Å². The Morgan fingerprint density at radius 1 is 1.41 bits per heavy atom. The van der Waals surface area contributed by atoms with Gasteiger partial charge in [0.2, 0.25) is 0 Å². The summed E-state index contributed by atoms with van der Waals surface area (Å²) < 4.78 is 5.65. The van der Waals surface area contributed by atoms with Gasteiger partial charge in [-0.1, -0.05) is 19.1 Å². The first-order valence-electron chi connectivity index (χ1n) is 6.42. The van der Waals surface area contributed by atoms with E-state index in [1.807, 2.05) is 6.07 Å². The van der Waals surface area contributed by atoms with Crippen LogP contribution in [0, 0.1) is 0 Å². The van der Waals surface area contributed by atoms with Gasteiger partial charge in [0, 0.05) is 25.7 Å². The van der Waals surface area contributed by atoms with Crippen molar-refractivity contribution in [3.63, 3.8) is 0 Å². The lowest BCUT2D eigenvalue weighted by molar-refractivity contribution is 0.173. The van der Waals surface area contributed by atoms with E-state index >= 15 is 0 Å². The molecular formula is C14H22N2O. The zero-order valence-electron chi connectivity index (χ0n) is 10.8. The molecule has 1 aromatic carbocycles. The van der Waals surface area contributed by atoms with E-state index in [-0.39, 0.29) is 0 Å². The Hall–Kier alpha value is -1.06. The van der Waals surface area contributed by atoms with Crippen molar-refractivity contribution in [2.45, 2.75) is 25.9 Å². The Morgan fingerprint density at radius 2 is 2.24 bits per heavy atom. The molecule has 1 aliphatic heterocycles. The third kappa shape index (κ3) is 3.45. The molecule has 0 spiro atoms. The fourth-order valence-corrected chi connectivity index (χ4v) is 1.96. The minimum Gasteiger partial charge on any atom is -0.494 e. The van der Waals surface area contributed by atoms with Crippen molar-refractivity contribution in [3.05, 3.63) is 29.8 Å². The van der Waals surface area contributed by atoms with Crippen LogP contribution in [0.25, 0.3) is 0 Å². The van der Waals surface area contributed by atoms with Crippen molar-refractivity contribution in [1.82, 2.24) is 10.2 Å². The van der Waals surface area contributed by atoms with Crippen LogP contribution in [0.15, 0.2) is 24.3 Å². The maximum Gasteiger partial charge on any atom is 0.119 e. The Morgan fingerprint density at radius 3 is 2.88 bits per heavy atom. The molecule has 1 heterocycles. The van der Waals surface area contributed by atoms with Gasteiger partial charge in [0.25, 0.3) is 0 Å². The van der Waals surface area contributed by atoms with E-state index in [2.05, 4.69) is 42.4 Å². The zero-order chi connectivity index (χ0) is 12.1. The number of hydrogen-bond acceptors (Lipinski definition) is 3. The fourth-order valence-electron chi connectivity index (χ4n) is 1.96. The Bertz CT molecular complexity index is 350. The highest BCUT2D eigenvalue weighted by molar-refractivity contribution is 5.28. The molecule has 94 valence electrons. The van der Waals surface area contributed by atoms with E-state index in [9.17, 15) is 0 Å². The van der Waals surface area contributed by atoms with Crippen molar-refractivity contribution in [3.8, 4) is 5.75 Å². The van der Waals surface area contributed by atoms with E-state index in [4.69, 9.17) is 4.74 Å². The lowest BCUT2D eigenvalue weighted by Crippen LogP contribution is -2.55. The molecule has 1 fully saturated rings. The van der Waals surface area contributed by atoms with Crippen molar-refractivity contribution >= 4 is 0 Å². The molecule has 0 bridgehead atoms. The summed E-state index contributed by atoms with van der Waals surface area (Å²) in [5.41, 5.74) is 1.33. The van der Waals surface area contributed by atoms with Gasteiger partial charge in [0.05, 0.1) is 6.61 Å². The molecule has 0 amide bonds. The van der Waals surface area contributed by atoms with Crippen LogP contribution in [-0.4, -0.2) is 37.7 Å². The summed E-state index contributed by atoms with van der Waals surface area (Å²) in [5.74, 6) is 0.990. The van der Waals surface area contributed by atoms with Crippen molar-refractivity contribution in [2.24, 2.45) is 0 Å². The molecule has 17 heavy (non-hydrogen) atoms. The van der Waals surface area contributed by atoms with Crippen LogP contribution in [0.5, 0.6) is 5.75 Å². The maximum atomic E-state index is 5.65. The summed E-state index contributed by atoms with van der Waals surface area (Å²) in [6, 6.07) is 9.12. The van der Waals surface area contributed by atoms with Gasteiger partial charge >= 0.3 is 0 Å². The Labute approximate surface area is 104 Å². The van der Waals surface area contributed by atoms with Crippen molar-refractivity contribution < 1.29 is 4.74 Å². The first kappa shape index (κ1) is 12.4. The lowest BCUT2D eigenvalue weighted by atomic mass is 10.1. The molecule has 3 heteroatoms. The highest BCUT2D eigenvalue weighted by Gasteiger charge is 2.21. The molecular weight excluding hydrogens is 212 g/mol. The molecule has 1 aromatic rings. The molecule has 0 aromatic heterocycles. The van der Waals surface area contributed by atoms with Crippen molar-refractivity contribution in [2.75, 3.05) is 26.7 Å². The standard InChI is InChI=1S/C14H22N2O/c1-3-7-17-14-6-4-5-12(8-14)11-16(2)13-9-15-10-13/h4-6,8,13,15H,3,7,9-11H2,1-2H3. The van der Waals surface area contributed by atoms with Gasteiger partial charge in [0.1, 0.15) is 5.75 Å². The summed E-state index contributed by atoms with van der Waals surface area (Å²) >= 11 is 0. The smallest absolute Gasteiger partial charge is 0.119 e. The summed E-state index contributed by atoms with van der Waals surface area (Å²) in [4.78, 5) is 2.40.